The van der Waals surface area contributed by atoms with Crippen LogP contribution in [0.5, 0.6) is 0 Å². The summed E-state index contributed by atoms with van der Waals surface area (Å²) >= 11 is 7.69. The molecular weight excluding hydrogens is 294 g/mol. The first-order valence-electron chi connectivity index (χ1n) is 6.18. The van der Waals surface area contributed by atoms with Crippen molar-refractivity contribution in [2.24, 2.45) is 0 Å². The number of thiazole rings is 1. The maximum absolute atomic E-state index is 12.6. The van der Waals surface area contributed by atoms with Gasteiger partial charge in [-0.25, -0.2) is 9.97 Å². The van der Waals surface area contributed by atoms with Crippen LogP contribution < -0.4 is 5.56 Å². The molecule has 0 bridgehead atoms. The zero-order chi connectivity index (χ0) is 14.1. The molecule has 6 heteroatoms. The summed E-state index contributed by atoms with van der Waals surface area (Å²) in [5.41, 5.74) is 0.601. The monoisotopic (exact) mass is 305 g/mol. The van der Waals surface area contributed by atoms with Gasteiger partial charge in [0.25, 0.3) is 5.56 Å². The molecule has 1 unspecified atom stereocenters. The summed E-state index contributed by atoms with van der Waals surface area (Å²) in [5.74, 6) is 0.575. The van der Waals surface area contributed by atoms with Crippen LogP contribution in [-0.2, 0) is 6.54 Å². The van der Waals surface area contributed by atoms with Crippen LogP contribution in [0.1, 0.15) is 23.1 Å². The molecule has 0 fully saturated rings. The number of para-hydroxylation sites is 1. The molecule has 2 heterocycles. The van der Waals surface area contributed by atoms with Crippen molar-refractivity contribution in [1.29, 1.82) is 0 Å². The van der Waals surface area contributed by atoms with Gasteiger partial charge in [-0.3, -0.25) is 9.36 Å². The second kappa shape index (κ2) is 5.34. The lowest BCUT2D eigenvalue weighted by Crippen LogP contribution is -2.26. The zero-order valence-electron chi connectivity index (χ0n) is 10.8. The van der Waals surface area contributed by atoms with E-state index in [0.29, 0.717) is 23.3 Å². The summed E-state index contributed by atoms with van der Waals surface area (Å²) in [7, 11) is 0. The lowest BCUT2D eigenvalue weighted by molar-refractivity contribution is 0.675. The van der Waals surface area contributed by atoms with Crippen molar-refractivity contribution in [3.05, 3.63) is 57.0 Å². The topological polar surface area (TPSA) is 47.8 Å². The van der Waals surface area contributed by atoms with Crippen molar-refractivity contribution in [2.75, 3.05) is 0 Å². The maximum Gasteiger partial charge on any atom is 0.261 e. The summed E-state index contributed by atoms with van der Waals surface area (Å²) in [5, 5.41) is 3.01. The third-order valence-corrected chi connectivity index (χ3v) is 3.98. The molecule has 1 aromatic carbocycles. The summed E-state index contributed by atoms with van der Waals surface area (Å²) in [6.07, 6.45) is 1.73. The molecule has 0 saturated carbocycles. The number of halogens is 1. The molecule has 2 aromatic heterocycles. The summed E-state index contributed by atoms with van der Waals surface area (Å²) in [4.78, 5) is 21.4. The molecule has 0 aliphatic heterocycles. The minimum Gasteiger partial charge on any atom is -0.288 e. The normalized spacial score (nSPS) is 12.7. The second-order valence-corrected chi connectivity index (χ2v) is 6.05. The van der Waals surface area contributed by atoms with Crippen LogP contribution in [0.15, 0.2) is 40.6 Å². The number of rotatable bonds is 3. The van der Waals surface area contributed by atoms with Crippen molar-refractivity contribution in [1.82, 2.24) is 14.5 Å². The van der Waals surface area contributed by atoms with Gasteiger partial charge >= 0.3 is 0 Å². The van der Waals surface area contributed by atoms with E-state index in [4.69, 9.17) is 11.6 Å². The molecule has 3 aromatic rings. The van der Waals surface area contributed by atoms with Crippen LogP contribution in [0.25, 0.3) is 10.9 Å². The van der Waals surface area contributed by atoms with Gasteiger partial charge in [-0.15, -0.1) is 22.9 Å². The summed E-state index contributed by atoms with van der Waals surface area (Å²) < 4.78 is 1.61. The summed E-state index contributed by atoms with van der Waals surface area (Å²) in [6, 6.07) is 7.31. The van der Waals surface area contributed by atoms with Crippen LogP contribution >= 0.6 is 22.9 Å². The predicted molar refractivity (Wildman–Crippen MR) is 81.5 cm³/mol. The number of fused-ring (bicyclic) bond motifs is 1. The number of nitrogens with zero attached hydrogens (tertiary/aromatic N) is 3. The number of alkyl halides is 1. The largest absolute Gasteiger partial charge is 0.288 e. The van der Waals surface area contributed by atoms with Gasteiger partial charge in [0, 0.05) is 11.6 Å². The number of hydrogen-bond donors (Lipinski definition) is 0. The van der Waals surface area contributed by atoms with Gasteiger partial charge in [0.2, 0.25) is 0 Å². The van der Waals surface area contributed by atoms with E-state index in [1.807, 2.05) is 30.5 Å². The predicted octanol–water partition coefficient (Wildman–Crippen LogP) is 3.20. The summed E-state index contributed by atoms with van der Waals surface area (Å²) in [6.45, 7) is 2.22. The second-order valence-electron chi connectivity index (χ2n) is 4.42. The molecule has 20 heavy (non-hydrogen) atoms. The van der Waals surface area contributed by atoms with Crippen molar-refractivity contribution in [3.8, 4) is 0 Å². The minimum atomic E-state index is -0.340. The lowest BCUT2D eigenvalue weighted by atomic mass is 10.2. The highest BCUT2D eigenvalue weighted by atomic mass is 35.5. The standard InChI is InChI=1S/C14H12ClN3OS/c1-9(15)13-17-11-5-3-2-4-10(11)14(19)18(13)8-12-16-6-7-20-12/h2-7,9H,8H2,1H3. The highest BCUT2D eigenvalue weighted by Crippen LogP contribution is 2.20. The van der Waals surface area contributed by atoms with Gasteiger partial charge in [-0.05, 0) is 19.1 Å². The Labute approximate surface area is 124 Å². The average molecular weight is 306 g/mol. The smallest absolute Gasteiger partial charge is 0.261 e. The molecular formula is C14H12ClN3OS. The molecule has 1 atom stereocenters. The van der Waals surface area contributed by atoms with Crippen LogP contribution in [0.2, 0.25) is 0 Å². The molecule has 3 rings (SSSR count). The number of hydrogen-bond acceptors (Lipinski definition) is 4. The van der Waals surface area contributed by atoms with E-state index in [-0.39, 0.29) is 10.9 Å². The first-order valence-corrected chi connectivity index (χ1v) is 7.50. The van der Waals surface area contributed by atoms with Crippen molar-refractivity contribution >= 4 is 33.8 Å². The fraction of sp³-hybridized carbons (Fsp3) is 0.214. The molecule has 0 N–H and O–H groups in total. The van der Waals surface area contributed by atoms with E-state index in [1.165, 1.54) is 11.3 Å². The molecule has 0 aliphatic rings. The number of aromatic nitrogens is 3. The van der Waals surface area contributed by atoms with Gasteiger partial charge in [0.1, 0.15) is 10.8 Å². The fourth-order valence-electron chi connectivity index (χ4n) is 2.11. The quantitative estimate of drug-likeness (QED) is 0.698. The first-order chi connectivity index (χ1) is 9.66. The third kappa shape index (κ3) is 2.34. The van der Waals surface area contributed by atoms with Crippen LogP contribution in [-0.4, -0.2) is 14.5 Å². The van der Waals surface area contributed by atoms with Crippen molar-refractivity contribution in [3.63, 3.8) is 0 Å². The van der Waals surface area contributed by atoms with E-state index in [9.17, 15) is 4.79 Å². The number of benzene rings is 1. The van der Waals surface area contributed by atoms with E-state index in [2.05, 4.69) is 9.97 Å². The highest BCUT2D eigenvalue weighted by Gasteiger charge is 2.15. The Morgan fingerprint density at radius 2 is 2.20 bits per heavy atom. The fourth-order valence-corrected chi connectivity index (χ4v) is 2.88. The van der Waals surface area contributed by atoms with Crippen molar-refractivity contribution in [2.45, 2.75) is 18.8 Å². The first kappa shape index (κ1) is 13.3. The van der Waals surface area contributed by atoms with Crippen molar-refractivity contribution < 1.29 is 0 Å². The third-order valence-electron chi connectivity index (χ3n) is 3.02. The van der Waals surface area contributed by atoms with Gasteiger partial charge in [0.15, 0.2) is 0 Å². The van der Waals surface area contributed by atoms with Gasteiger partial charge in [-0.2, -0.15) is 0 Å². The van der Waals surface area contributed by atoms with E-state index < -0.39 is 0 Å². The average Bonchev–Trinajstić information content (AvgIpc) is 2.94. The maximum atomic E-state index is 12.6. The highest BCUT2D eigenvalue weighted by molar-refractivity contribution is 7.09. The zero-order valence-corrected chi connectivity index (χ0v) is 12.4. The van der Waals surface area contributed by atoms with Gasteiger partial charge < -0.3 is 0 Å². The molecule has 0 amide bonds. The Morgan fingerprint density at radius 3 is 2.90 bits per heavy atom. The molecule has 0 spiro atoms. The van der Waals surface area contributed by atoms with E-state index in [0.717, 1.165) is 5.01 Å². The Kier molecular flexibility index (Phi) is 3.54. The molecule has 0 aliphatic carbocycles. The minimum absolute atomic E-state index is 0.0756. The van der Waals surface area contributed by atoms with Gasteiger partial charge in [-0.1, -0.05) is 12.1 Å². The van der Waals surface area contributed by atoms with Crippen LogP contribution in [0, 0.1) is 0 Å². The molecule has 0 saturated heterocycles. The Morgan fingerprint density at radius 1 is 1.40 bits per heavy atom. The van der Waals surface area contributed by atoms with Crippen LogP contribution in [0.4, 0.5) is 0 Å². The Bertz CT molecular complexity index is 796. The Hall–Kier alpha value is -1.72. The van der Waals surface area contributed by atoms with Crippen LogP contribution in [0.3, 0.4) is 0 Å². The van der Waals surface area contributed by atoms with E-state index in [1.54, 1.807) is 16.8 Å². The van der Waals surface area contributed by atoms with Gasteiger partial charge in [0.05, 0.1) is 22.8 Å². The SMILES string of the molecule is CC(Cl)c1nc2ccccc2c(=O)n1Cc1nccs1. The Balaban J connectivity index is 2.24. The lowest BCUT2D eigenvalue weighted by Gasteiger charge is -2.13. The molecule has 102 valence electrons. The van der Waals surface area contributed by atoms with E-state index >= 15 is 0 Å². The molecule has 4 nitrogen and oxygen atoms in total. The molecule has 0 radical (unpaired) electrons.